The van der Waals surface area contributed by atoms with Gasteiger partial charge in [-0.25, -0.2) is 0 Å². The number of rotatable bonds is 8. The number of nitrogens with one attached hydrogen (secondary N) is 2. The van der Waals surface area contributed by atoms with Gasteiger partial charge in [0.1, 0.15) is 6.04 Å². The molecule has 0 aromatic heterocycles. The van der Waals surface area contributed by atoms with E-state index in [1.54, 1.807) is 0 Å². The summed E-state index contributed by atoms with van der Waals surface area (Å²) in [4.78, 5) is 11.1. The maximum absolute atomic E-state index is 11.7. The van der Waals surface area contributed by atoms with E-state index in [0.29, 0.717) is 6.42 Å². The summed E-state index contributed by atoms with van der Waals surface area (Å²) in [7, 11) is -3.75. The first kappa shape index (κ1) is 15.0. The van der Waals surface area contributed by atoms with Crippen LogP contribution in [0.1, 0.15) is 24.8 Å². The lowest BCUT2D eigenvalue weighted by molar-refractivity contribution is -0.139. The second-order valence-electron chi connectivity index (χ2n) is 4.93. The van der Waals surface area contributed by atoms with Crippen LogP contribution < -0.4 is 9.44 Å². The fourth-order valence-corrected chi connectivity index (χ4v) is 3.17. The molecule has 110 valence electrons. The molecule has 0 saturated heterocycles. The number of carboxylic acid groups (broad SMARTS) is 1. The van der Waals surface area contributed by atoms with Gasteiger partial charge in [0.25, 0.3) is 10.2 Å². The summed E-state index contributed by atoms with van der Waals surface area (Å²) in [6.07, 6.45) is 2.33. The van der Waals surface area contributed by atoms with Crippen LogP contribution in [0.3, 0.4) is 0 Å². The van der Waals surface area contributed by atoms with Crippen molar-refractivity contribution in [3.05, 3.63) is 35.9 Å². The Hall–Kier alpha value is -1.44. The van der Waals surface area contributed by atoms with Crippen molar-refractivity contribution < 1.29 is 18.3 Å². The number of aryl methyl sites for hydroxylation is 1. The van der Waals surface area contributed by atoms with Crippen LogP contribution in [0.25, 0.3) is 0 Å². The van der Waals surface area contributed by atoms with E-state index in [2.05, 4.69) is 9.44 Å². The highest BCUT2D eigenvalue weighted by Crippen LogP contribution is 2.19. The summed E-state index contributed by atoms with van der Waals surface area (Å²) in [6.45, 7) is 0. The van der Waals surface area contributed by atoms with Crippen LogP contribution in [0.5, 0.6) is 0 Å². The predicted molar refractivity (Wildman–Crippen MR) is 74.4 cm³/mol. The lowest BCUT2D eigenvalue weighted by Gasteiger charge is -2.15. The van der Waals surface area contributed by atoms with Gasteiger partial charge in [0.15, 0.2) is 0 Å². The molecule has 6 nitrogen and oxygen atoms in total. The van der Waals surface area contributed by atoms with Crippen LogP contribution in [-0.2, 0) is 21.4 Å². The molecular weight excluding hydrogens is 280 g/mol. The van der Waals surface area contributed by atoms with Crippen LogP contribution in [0.15, 0.2) is 30.3 Å². The van der Waals surface area contributed by atoms with Crippen molar-refractivity contribution in [2.75, 3.05) is 0 Å². The first-order valence-electron chi connectivity index (χ1n) is 6.52. The van der Waals surface area contributed by atoms with Gasteiger partial charge >= 0.3 is 5.97 Å². The molecule has 0 bridgehead atoms. The summed E-state index contributed by atoms with van der Waals surface area (Å²) in [5.41, 5.74) is 0.980. The lowest BCUT2D eigenvalue weighted by Crippen LogP contribution is -2.47. The van der Waals surface area contributed by atoms with E-state index in [-0.39, 0.29) is 12.5 Å². The van der Waals surface area contributed by atoms with Gasteiger partial charge in [-0.15, -0.1) is 0 Å². The zero-order valence-electron chi connectivity index (χ0n) is 11.0. The molecule has 1 aliphatic carbocycles. The zero-order valence-corrected chi connectivity index (χ0v) is 11.8. The minimum atomic E-state index is -3.75. The standard InChI is InChI=1S/C13H18N2O4S/c16-13(17)12(9-6-10-4-2-1-3-5-10)15-20(18,19)14-11-7-8-11/h1-5,11-12,14-15H,6-9H2,(H,16,17). The molecule has 1 aliphatic rings. The minimum Gasteiger partial charge on any atom is -0.480 e. The Kier molecular flexibility index (Phi) is 4.74. The van der Waals surface area contributed by atoms with Gasteiger partial charge in [-0.05, 0) is 31.2 Å². The first-order valence-corrected chi connectivity index (χ1v) is 8.01. The van der Waals surface area contributed by atoms with Gasteiger partial charge in [-0.1, -0.05) is 30.3 Å². The van der Waals surface area contributed by atoms with E-state index in [0.717, 1.165) is 18.4 Å². The van der Waals surface area contributed by atoms with E-state index in [1.165, 1.54) is 0 Å². The fraction of sp³-hybridized carbons (Fsp3) is 0.462. The molecule has 0 heterocycles. The molecule has 1 fully saturated rings. The van der Waals surface area contributed by atoms with Gasteiger partial charge in [0.2, 0.25) is 0 Å². The average molecular weight is 298 g/mol. The number of carbonyl (C=O) groups is 1. The predicted octanol–water partition coefficient (Wildman–Crippen LogP) is 0.659. The van der Waals surface area contributed by atoms with Gasteiger partial charge < -0.3 is 5.11 Å². The van der Waals surface area contributed by atoms with Crippen LogP contribution in [0, 0.1) is 0 Å². The van der Waals surface area contributed by atoms with Crippen molar-refractivity contribution >= 4 is 16.2 Å². The molecule has 20 heavy (non-hydrogen) atoms. The summed E-state index contributed by atoms with van der Waals surface area (Å²) in [5.74, 6) is -1.16. The second-order valence-corrected chi connectivity index (χ2v) is 6.41. The third-order valence-corrected chi connectivity index (χ3v) is 4.30. The fourth-order valence-electron chi connectivity index (χ4n) is 1.83. The quantitative estimate of drug-likeness (QED) is 0.657. The Balaban J connectivity index is 1.91. The number of aliphatic carboxylic acids is 1. The highest BCUT2D eigenvalue weighted by molar-refractivity contribution is 7.87. The second kappa shape index (κ2) is 6.34. The van der Waals surface area contributed by atoms with Gasteiger partial charge in [-0.3, -0.25) is 4.79 Å². The van der Waals surface area contributed by atoms with Crippen LogP contribution in [0.4, 0.5) is 0 Å². The van der Waals surface area contributed by atoms with E-state index < -0.39 is 22.2 Å². The molecule has 1 atom stereocenters. The third-order valence-electron chi connectivity index (χ3n) is 3.06. The Bertz CT molecular complexity index is 555. The van der Waals surface area contributed by atoms with E-state index in [9.17, 15) is 13.2 Å². The molecule has 2 rings (SSSR count). The van der Waals surface area contributed by atoms with Crippen molar-refractivity contribution in [2.24, 2.45) is 0 Å². The highest BCUT2D eigenvalue weighted by atomic mass is 32.2. The SMILES string of the molecule is O=C(O)C(CCc1ccccc1)NS(=O)(=O)NC1CC1. The Morgan fingerprint density at radius 2 is 1.95 bits per heavy atom. The van der Waals surface area contributed by atoms with E-state index in [1.807, 2.05) is 30.3 Å². The molecule has 1 saturated carbocycles. The maximum Gasteiger partial charge on any atom is 0.321 e. The molecular formula is C13H18N2O4S. The lowest BCUT2D eigenvalue weighted by atomic mass is 10.1. The van der Waals surface area contributed by atoms with Crippen molar-refractivity contribution in [2.45, 2.75) is 37.8 Å². The van der Waals surface area contributed by atoms with Crippen molar-refractivity contribution in [1.29, 1.82) is 0 Å². The van der Waals surface area contributed by atoms with E-state index >= 15 is 0 Å². The van der Waals surface area contributed by atoms with Crippen LogP contribution in [-0.4, -0.2) is 31.6 Å². The maximum atomic E-state index is 11.7. The van der Waals surface area contributed by atoms with Crippen LogP contribution in [0.2, 0.25) is 0 Å². The third kappa shape index (κ3) is 4.92. The monoisotopic (exact) mass is 298 g/mol. The molecule has 1 aromatic rings. The molecule has 7 heteroatoms. The molecule has 3 N–H and O–H groups in total. The number of carboxylic acids is 1. The van der Waals surface area contributed by atoms with E-state index in [4.69, 9.17) is 5.11 Å². The number of hydrogen-bond acceptors (Lipinski definition) is 3. The van der Waals surface area contributed by atoms with Crippen molar-refractivity contribution in [3.8, 4) is 0 Å². The Labute approximate surface area is 118 Å². The van der Waals surface area contributed by atoms with Crippen molar-refractivity contribution in [1.82, 2.24) is 9.44 Å². The molecule has 0 spiro atoms. The Morgan fingerprint density at radius 3 is 2.50 bits per heavy atom. The summed E-state index contributed by atoms with van der Waals surface area (Å²) >= 11 is 0. The molecule has 0 radical (unpaired) electrons. The van der Waals surface area contributed by atoms with Crippen LogP contribution >= 0.6 is 0 Å². The molecule has 1 aromatic carbocycles. The summed E-state index contributed by atoms with van der Waals surface area (Å²) in [6, 6.07) is 8.21. The highest BCUT2D eigenvalue weighted by Gasteiger charge is 2.30. The Morgan fingerprint density at radius 1 is 1.30 bits per heavy atom. The van der Waals surface area contributed by atoms with Gasteiger partial charge in [0.05, 0.1) is 0 Å². The normalized spacial score (nSPS) is 16.8. The molecule has 1 unspecified atom stereocenters. The zero-order chi connectivity index (χ0) is 14.6. The average Bonchev–Trinajstić information content (AvgIpc) is 3.18. The molecule has 0 amide bonds. The first-order chi connectivity index (χ1) is 9.46. The minimum absolute atomic E-state index is 0.0453. The summed E-state index contributed by atoms with van der Waals surface area (Å²) in [5, 5.41) is 9.11. The smallest absolute Gasteiger partial charge is 0.321 e. The summed E-state index contributed by atoms with van der Waals surface area (Å²) < 4.78 is 28.1. The number of benzene rings is 1. The molecule has 0 aliphatic heterocycles. The largest absolute Gasteiger partial charge is 0.480 e. The van der Waals surface area contributed by atoms with Gasteiger partial charge in [-0.2, -0.15) is 17.9 Å². The van der Waals surface area contributed by atoms with Crippen molar-refractivity contribution in [3.63, 3.8) is 0 Å². The number of hydrogen-bond donors (Lipinski definition) is 3. The van der Waals surface area contributed by atoms with Gasteiger partial charge in [0, 0.05) is 6.04 Å². The topological polar surface area (TPSA) is 95.5 Å².